The number of fused-ring (bicyclic) bond motifs is 3. The molecule has 29 heavy (non-hydrogen) atoms. The van der Waals surface area contributed by atoms with Gasteiger partial charge in [-0.25, -0.2) is 12.8 Å². The number of hydrogen-bond donors (Lipinski definition) is 1. The van der Waals surface area contributed by atoms with E-state index in [4.69, 9.17) is 4.74 Å². The molecule has 5 rings (SSSR count). The van der Waals surface area contributed by atoms with Crippen LogP contribution >= 0.6 is 0 Å². The van der Waals surface area contributed by atoms with Crippen LogP contribution in [0, 0.1) is 11.7 Å². The van der Waals surface area contributed by atoms with Gasteiger partial charge in [0.2, 0.25) is 10.0 Å². The van der Waals surface area contributed by atoms with Crippen molar-refractivity contribution in [2.24, 2.45) is 5.92 Å². The van der Waals surface area contributed by atoms with Gasteiger partial charge in [-0.3, -0.25) is 0 Å². The summed E-state index contributed by atoms with van der Waals surface area (Å²) in [6, 6.07) is 12.1. The number of anilines is 1. The SMILES string of the molecule is O=S(=O)(c1ccc([C@@H]2Nc3ccc(F)cc3[C@@H]3C=CC[C@H]32)cc1)N1CCOCC1. The van der Waals surface area contributed by atoms with Crippen LogP contribution in [0.2, 0.25) is 0 Å². The molecule has 0 radical (unpaired) electrons. The summed E-state index contributed by atoms with van der Waals surface area (Å²) in [5.41, 5.74) is 2.97. The molecule has 7 heteroatoms. The lowest BCUT2D eigenvalue weighted by Gasteiger charge is -2.37. The van der Waals surface area contributed by atoms with E-state index in [1.165, 1.54) is 10.4 Å². The molecule has 152 valence electrons. The van der Waals surface area contributed by atoms with E-state index >= 15 is 0 Å². The summed E-state index contributed by atoms with van der Waals surface area (Å²) in [4.78, 5) is 0.308. The van der Waals surface area contributed by atoms with Crippen molar-refractivity contribution in [3.8, 4) is 0 Å². The Morgan fingerprint density at radius 1 is 1.07 bits per heavy atom. The second kappa shape index (κ2) is 7.23. The Hall–Kier alpha value is -2.22. The number of halogens is 1. The maximum Gasteiger partial charge on any atom is 0.243 e. The number of allylic oxidation sites excluding steroid dienone is 2. The third-order valence-corrected chi connectivity index (χ3v) is 8.08. The molecule has 5 nitrogen and oxygen atoms in total. The molecule has 2 aromatic carbocycles. The summed E-state index contributed by atoms with van der Waals surface area (Å²) < 4.78 is 46.2. The van der Waals surface area contributed by atoms with Crippen LogP contribution in [0.15, 0.2) is 59.5 Å². The summed E-state index contributed by atoms with van der Waals surface area (Å²) in [5, 5.41) is 3.55. The van der Waals surface area contributed by atoms with Gasteiger partial charge in [-0.1, -0.05) is 24.3 Å². The van der Waals surface area contributed by atoms with Crippen molar-refractivity contribution in [1.82, 2.24) is 4.31 Å². The Bertz CT molecular complexity index is 1050. The highest BCUT2D eigenvalue weighted by molar-refractivity contribution is 7.89. The predicted octanol–water partition coefficient (Wildman–Crippen LogP) is 3.67. The smallest absolute Gasteiger partial charge is 0.243 e. The van der Waals surface area contributed by atoms with Gasteiger partial charge in [0.1, 0.15) is 5.82 Å². The number of nitrogens with one attached hydrogen (secondary N) is 1. The Morgan fingerprint density at radius 2 is 1.83 bits per heavy atom. The largest absolute Gasteiger partial charge is 0.379 e. The molecule has 3 atom stereocenters. The van der Waals surface area contributed by atoms with Gasteiger partial charge in [-0.2, -0.15) is 4.31 Å². The summed E-state index contributed by atoms with van der Waals surface area (Å²) in [7, 11) is -3.50. The first-order chi connectivity index (χ1) is 14.0. The second-order valence-electron chi connectivity index (χ2n) is 7.79. The van der Waals surface area contributed by atoms with Crippen LogP contribution in [0.5, 0.6) is 0 Å². The first kappa shape index (κ1) is 18.8. The van der Waals surface area contributed by atoms with Gasteiger partial charge in [0.15, 0.2) is 0 Å². The van der Waals surface area contributed by atoms with Crippen molar-refractivity contribution in [3.05, 3.63) is 71.6 Å². The molecule has 0 spiro atoms. The first-order valence-electron chi connectivity index (χ1n) is 9.94. The quantitative estimate of drug-likeness (QED) is 0.779. The molecule has 1 aliphatic carbocycles. The van der Waals surface area contributed by atoms with Crippen molar-refractivity contribution in [1.29, 1.82) is 0 Å². The monoisotopic (exact) mass is 414 g/mol. The molecule has 1 N–H and O–H groups in total. The fraction of sp³-hybridized carbons (Fsp3) is 0.364. The van der Waals surface area contributed by atoms with Crippen LogP contribution in [0.1, 0.15) is 29.5 Å². The topological polar surface area (TPSA) is 58.6 Å². The Labute approximate surface area is 170 Å². The minimum atomic E-state index is -3.50. The highest BCUT2D eigenvalue weighted by Gasteiger charge is 2.38. The molecular formula is C22H23FN2O3S. The van der Waals surface area contributed by atoms with Crippen molar-refractivity contribution in [3.63, 3.8) is 0 Å². The van der Waals surface area contributed by atoms with Crippen LogP contribution < -0.4 is 5.32 Å². The molecule has 2 aliphatic heterocycles. The lowest BCUT2D eigenvalue weighted by Crippen LogP contribution is -2.40. The normalized spacial score (nSPS) is 26.6. The van der Waals surface area contributed by atoms with Crippen molar-refractivity contribution >= 4 is 15.7 Å². The molecule has 3 aliphatic rings. The summed E-state index contributed by atoms with van der Waals surface area (Å²) in [6.07, 6.45) is 5.22. The van der Waals surface area contributed by atoms with Crippen LogP contribution in [0.4, 0.5) is 10.1 Å². The van der Waals surface area contributed by atoms with E-state index in [2.05, 4.69) is 17.5 Å². The van der Waals surface area contributed by atoms with Gasteiger partial charge in [0, 0.05) is 24.7 Å². The molecule has 0 amide bonds. The molecule has 2 aromatic rings. The highest BCUT2D eigenvalue weighted by atomic mass is 32.2. The number of ether oxygens (including phenoxy) is 1. The van der Waals surface area contributed by atoms with E-state index in [0.717, 1.165) is 23.2 Å². The molecule has 1 saturated heterocycles. The number of nitrogens with zero attached hydrogens (tertiary/aromatic N) is 1. The van der Waals surface area contributed by atoms with Gasteiger partial charge in [-0.15, -0.1) is 0 Å². The first-order valence-corrected chi connectivity index (χ1v) is 11.4. The zero-order valence-electron chi connectivity index (χ0n) is 15.9. The summed E-state index contributed by atoms with van der Waals surface area (Å²) >= 11 is 0. The molecule has 0 unspecified atom stereocenters. The van der Waals surface area contributed by atoms with Gasteiger partial charge in [-0.05, 0) is 53.8 Å². The second-order valence-corrected chi connectivity index (χ2v) is 9.73. The van der Waals surface area contributed by atoms with Crippen LogP contribution in [0.25, 0.3) is 0 Å². The third-order valence-electron chi connectivity index (χ3n) is 6.17. The van der Waals surface area contributed by atoms with Crippen LogP contribution in [-0.2, 0) is 14.8 Å². The average Bonchev–Trinajstić information content (AvgIpc) is 3.24. The Kier molecular flexibility index (Phi) is 4.69. The maximum atomic E-state index is 13.8. The number of benzene rings is 2. The molecule has 0 saturated carbocycles. The standard InChI is InChI=1S/C22H23FN2O3S/c23-16-6-9-21-20(14-16)18-2-1-3-19(18)22(24-21)15-4-7-17(8-5-15)29(26,27)25-10-12-28-13-11-25/h1-2,4-9,14,18-19,22,24H,3,10-13H2/t18-,19-,22+/m1/s1. The molecule has 2 heterocycles. The van der Waals surface area contributed by atoms with Crippen molar-refractivity contribution in [2.75, 3.05) is 31.6 Å². The van der Waals surface area contributed by atoms with Gasteiger partial charge in [0.25, 0.3) is 0 Å². The number of morpholine rings is 1. The van der Waals surface area contributed by atoms with E-state index in [1.54, 1.807) is 24.3 Å². The summed E-state index contributed by atoms with van der Waals surface area (Å²) in [5.74, 6) is 0.232. The van der Waals surface area contributed by atoms with E-state index in [-0.39, 0.29) is 23.7 Å². The zero-order chi connectivity index (χ0) is 20.0. The van der Waals surface area contributed by atoms with Crippen LogP contribution in [0.3, 0.4) is 0 Å². The fourth-order valence-corrected chi connectivity index (χ4v) is 6.09. The Balaban J connectivity index is 1.44. The average molecular weight is 415 g/mol. The maximum absolute atomic E-state index is 13.8. The molecule has 0 bridgehead atoms. The van der Waals surface area contributed by atoms with Crippen molar-refractivity contribution in [2.45, 2.75) is 23.3 Å². The fourth-order valence-electron chi connectivity index (χ4n) is 4.68. The number of hydrogen-bond acceptors (Lipinski definition) is 4. The number of sulfonamides is 1. The number of rotatable bonds is 3. The molecular weight excluding hydrogens is 391 g/mol. The van der Waals surface area contributed by atoms with E-state index in [1.807, 2.05) is 12.1 Å². The third kappa shape index (κ3) is 3.27. The summed E-state index contributed by atoms with van der Waals surface area (Å²) in [6.45, 7) is 1.63. The lowest BCUT2D eigenvalue weighted by atomic mass is 9.77. The Morgan fingerprint density at radius 3 is 2.59 bits per heavy atom. The van der Waals surface area contributed by atoms with Gasteiger partial charge < -0.3 is 10.1 Å². The highest BCUT2D eigenvalue weighted by Crippen LogP contribution is 2.49. The molecule has 0 aromatic heterocycles. The van der Waals surface area contributed by atoms with Crippen LogP contribution in [-0.4, -0.2) is 39.0 Å². The van der Waals surface area contributed by atoms with E-state index in [9.17, 15) is 12.8 Å². The minimum Gasteiger partial charge on any atom is -0.379 e. The van der Waals surface area contributed by atoms with Crippen molar-refractivity contribution < 1.29 is 17.5 Å². The lowest BCUT2D eigenvalue weighted by molar-refractivity contribution is 0.0730. The molecule has 1 fully saturated rings. The predicted molar refractivity (Wildman–Crippen MR) is 109 cm³/mol. The van der Waals surface area contributed by atoms with E-state index < -0.39 is 10.0 Å². The van der Waals surface area contributed by atoms with E-state index in [0.29, 0.717) is 31.2 Å². The van der Waals surface area contributed by atoms with Gasteiger partial charge in [0.05, 0.1) is 24.2 Å². The van der Waals surface area contributed by atoms with Gasteiger partial charge >= 0.3 is 0 Å². The zero-order valence-corrected chi connectivity index (χ0v) is 16.7. The minimum absolute atomic E-state index is 0.0492.